The minimum Gasteiger partial charge on any atom is -0.282 e. The first-order valence-electron chi connectivity index (χ1n) is 3.25. The highest BCUT2D eigenvalue weighted by atomic mass is 15.2. The van der Waals surface area contributed by atoms with Gasteiger partial charge in [-0.25, -0.2) is 0 Å². The highest BCUT2D eigenvalue weighted by Crippen LogP contribution is 1.95. The first kappa shape index (κ1) is 6.49. The highest BCUT2D eigenvalue weighted by Gasteiger charge is 2.02. The van der Waals surface area contributed by atoms with E-state index in [0.29, 0.717) is 0 Å². The molecule has 0 spiro atoms. The third-order valence-electron chi connectivity index (χ3n) is 1.37. The molecule has 1 aliphatic heterocycles. The van der Waals surface area contributed by atoms with E-state index in [1.807, 2.05) is 12.3 Å². The van der Waals surface area contributed by atoms with Crippen LogP contribution in [0, 0.1) is 0 Å². The van der Waals surface area contributed by atoms with Crippen LogP contribution >= 0.6 is 0 Å². The SMILES string of the molecule is C=CCN1CCC=NC1. The van der Waals surface area contributed by atoms with Crippen molar-refractivity contribution in [3.05, 3.63) is 12.7 Å². The molecule has 9 heavy (non-hydrogen) atoms. The molecule has 0 saturated heterocycles. The fourth-order valence-corrected chi connectivity index (χ4v) is 0.907. The average Bonchev–Trinajstić information content (AvgIpc) is 1.91. The maximum absolute atomic E-state index is 4.13. The predicted molar refractivity (Wildman–Crippen MR) is 39.7 cm³/mol. The fourth-order valence-electron chi connectivity index (χ4n) is 0.907. The summed E-state index contributed by atoms with van der Waals surface area (Å²) in [6.45, 7) is 6.62. The van der Waals surface area contributed by atoms with Gasteiger partial charge >= 0.3 is 0 Å². The Labute approximate surface area is 55.9 Å². The Balaban J connectivity index is 2.26. The van der Waals surface area contributed by atoms with Gasteiger partial charge in [-0.3, -0.25) is 9.89 Å². The summed E-state index contributed by atoms with van der Waals surface area (Å²) < 4.78 is 0. The molecule has 1 aliphatic rings. The maximum atomic E-state index is 4.13. The van der Waals surface area contributed by atoms with Crippen molar-refractivity contribution in [1.29, 1.82) is 0 Å². The van der Waals surface area contributed by atoms with Crippen LogP contribution in [0.4, 0.5) is 0 Å². The van der Waals surface area contributed by atoms with Crippen LogP contribution in [0.15, 0.2) is 17.6 Å². The molecule has 0 fully saturated rings. The third-order valence-corrected chi connectivity index (χ3v) is 1.37. The zero-order valence-corrected chi connectivity index (χ0v) is 5.58. The van der Waals surface area contributed by atoms with Crippen molar-refractivity contribution < 1.29 is 0 Å². The predicted octanol–water partition coefficient (Wildman–Crippen LogP) is 0.906. The Hall–Kier alpha value is -0.630. The molecule has 0 atom stereocenters. The molecule has 0 unspecified atom stereocenters. The minimum atomic E-state index is 0.853. The van der Waals surface area contributed by atoms with Gasteiger partial charge in [-0.2, -0.15) is 0 Å². The Morgan fingerprint density at radius 2 is 2.67 bits per heavy atom. The van der Waals surface area contributed by atoms with E-state index in [4.69, 9.17) is 0 Å². The number of rotatable bonds is 2. The molecule has 1 rings (SSSR count). The average molecular weight is 124 g/mol. The first-order chi connectivity index (χ1) is 4.43. The molecule has 0 radical (unpaired) electrons. The second-order valence-corrected chi connectivity index (χ2v) is 2.16. The monoisotopic (exact) mass is 124 g/mol. The first-order valence-corrected chi connectivity index (χ1v) is 3.25. The van der Waals surface area contributed by atoms with Crippen LogP contribution in [0.25, 0.3) is 0 Å². The van der Waals surface area contributed by atoms with E-state index in [-0.39, 0.29) is 0 Å². The van der Waals surface area contributed by atoms with Crippen LogP contribution in [0.3, 0.4) is 0 Å². The molecule has 0 bridgehead atoms. The van der Waals surface area contributed by atoms with Crippen LogP contribution in [0.5, 0.6) is 0 Å². The molecule has 0 aliphatic carbocycles. The Kier molecular flexibility index (Phi) is 2.46. The number of nitrogens with zero attached hydrogens (tertiary/aromatic N) is 2. The van der Waals surface area contributed by atoms with Gasteiger partial charge in [0, 0.05) is 19.3 Å². The van der Waals surface area contributed by atoms with Crippen molar-refractivity contribution >= 4 is 6.21 Å². The van der Waals surface area contributed by atoms with E-state index in [1.54, 1.807) is 0 Å². The minimum absolute atomic E-state index is 0.853. The Morgan fingerprint density at radius 3 is 3.22 bits per heavy atom. The maximum Gasteiger partial charge on any atom is 0.0908 e. The number of hydrogen-bond donors (Lipinski definition) is 0. The van der Waals surface area contributed by atoms with E-state index in [1.165, 1.54) is 0 Å². The zero-order valence-electron chi connectivity index (χ0n) is 5.58. The van der Waals surface area contributed by atoms with Crippen molar-refractivity contribution in [3.63, 3.8) is 0 Å². The quantitative estimate of drug-likeness (QED) is 0.499. The van der Waals surface area contributed by atoms with Gasteiger partial charge in [0.1, 0.15) is 0 Å². The van der Waals surface area contributed by atoms with Gasteiger partial charge in [-0.1, -0.05) is 6.08 Å². The van der Waals surface area contributed by atoms with Gasteiger partial charge in [-0.05, 0) is 6.42 Å². The van der Waals surface area contributed by atoms with Crippen LogP contribution in [0.1, 0.15) is 6.42 Å². The second kappa shape index (κ2) is 3.41. The largest absolute Gasteiger partial charge is 0.282 e. The topological polar surface area (TPSA) is 15.6 Å². The number of aliphatic imine (C=N–C) groups is 1. The molecule has 2 nitrogen and oxygen atoms in total. The lowest BCUT2D eigenvalue weighted by Crippen LogP contribution is -2.28. The highest BCUT2D eigenvalue weighted by molar-refractivity contribution is 5.58. The molecule has 50 valence electrons. The summed E-state index contributed by atoms with van der Waals surface area (Å²) in [4.78, 5) is 6.39. The molecule has 0 aromatic rings. The van der Waals surface area contributed by atoms with Crippen molar-refractivity contribution in [1.82, 2.24) is 4.90 Å². The molecular weight excluding hydrogens is 112 g/mol. The van der Waals surface area contributed by atoms with Gasteiger partial charge in [-0.15, -0.1) is 6.58 Å². The summed E-state index contributed by atoms with van der Waals surface area (Å²) in [6.07, 6.45) is 4.99. The molecule has 0 aromatic heterocycles. The van der Waals surface area contributed by atoms with Gasteiger partial charge in [0.2, 0.25) is 0 Å². The summed E-state index contributed by atoms with van der Waals surface area (Å²) in [5, 5.41) is 0. The summed E-state index contributed by atoms with van der Waals surface area (Å²) in [5.74, 6) is 0. The molecule has 1 heterocycles. The van der Waals surface area contributed by atoms with Gasteiger partial charge in [0.25, 0.3) is 0 Å². The second-order valence-electron chi connectivity index (χ2n) is 2.16. The van der Waals surface area contributed by atoms with Crippen molar-refractivity contribution in [2.75, 3.05) is 19.8 Å². The van der Waals surface area contributed by atoms with E-state index >= 15 is 0 Å². The van der Waals surface area contributed by atoms with Crippen molar-refractivity contribution in [2.45, 2.75) is 6.42 Å². The van der Waals surface area contributed by atoms with Gasteiger partial charge < -0.3 is 0 Å². The third kappa shape index (κ3) is 1.98. The normalized spacial score (nSPS) is 20.0. The van der Waals surface area contributed by atoms with Crippen LogP contribution in [-0.2, 0) is 0 Å². The van der Waals surface area contributed by atoms with Crippen LogP contribution in [-0.4, -0.2) is 30.9 Å². The van der Waals surface area contributed by atoms with Crippen molar-refractivity contribution in [2.24, 2.45) is 4.99 Å². The fraction of sp³-hybridized carbons (Fsp3) is 0.571. The molecule has 2 heteroatoms. The van der Waals surface area contributed by atoms with Gasteiger partial charge in [0.15, 0.2) is 0 Å². The lowest BCUT2D eigenvalue weighted by Gasteiger charge is -2.19. The van der Waals surface area contributed by atoms with Crippen LogP contribution in [0.2, 0.25) is 0 Å². The summed E-state index contributed by atoms with van der Waals surface area (Å²) in [7, 11) is 0. The Morgan fingerprint density at radius 1 is 1.78 bits per heavy atom. The van der Waals surface area contributed by atoms with E-state index < -0.39 is 0 Å². The van der Waals surface area contributed by atoms with Crippen LogP contribution < -0.4 is 0 Å². The van der Waals surface area contributed by atoms with E-state index in [9.17, 15) is 0 Å². The molecule has 0 aromatic carbocycles. The summed E-state index contributed by atoms with van der Waals surface area (Å²) in [5.41, 5.74) is 0. The molecular formula is C7H12N2. The van der Waals surface area contributed by atoms with Gasteiger partial charge in [0.05, 0.1) is 6.67 Å². The zero-order chi connectivity index (χ0) is 6.53. The number of hydrogen-bond acceptors (Lipinski definition) is 2. The lowest BCUT2D eigenvalue weighted by molar-refractivity contribution is 0.313. The molecule has 0 saturated carbocycles. The Bertz CT molecular complexity index is 118. The summed E-state index contributed by atoms with van der Waals surface area (Å²) in [6, 6.07) is 0. The molecule has 0 amide bonds. The van der Waals surface area contributed by atoms with E-state index in [0.717, 1.165) is 26.2 Å². The van der Waals surface area contributed by atoms with E-state index in [2.05, 4.69) is 16.5 Å². The smallest absolute Gasteiger partial charge is 0.0908 e. The van der Waals surface area contributed by atoms with Crippen molar-refractivity contribution in [3.8, 4) is 0 Å². The standard InChI is InChI=1S/C7H12N2/c1-2-5-9-6-3-4-8-7-9/h2,4H,1,3,5-7H2. The molecule has 0 N–H and O–H groups in total. The lowest BCUT2D eigenvalue weighted by atomic mass is 10.4. The summed E-state index contributed by atoms with van der Waals surface area (Å²) >= 11 is 0.